The smallest absolute Gasteiger partial charge is 0.225 e. The maximum absolute atomic E-state index is 8.83. The summed E-state index contributed by atoms with van der Waals surface area (Å²) in [6.45, 7) is 0.600. The molecular formula is C10H13ClN6O2. The number of hydrogen-bond acceptors (Lipinski definition) is 8. The molecule has 0 spiro atoms. The van der Waals surface area contributed by atoms with Gasteiger partial charge in [0.25, 0.3) is 0 Å². The van der Waals surface area contributed by atoms with Crippen molar-refractivity contribution >= 4 is 34.3 Å². The molecule has 0 radical (unpaired) electrons. The average molecular weight is 285 g/mol. The predicted octanol–water partition coefficient (Wildman–Crippen LogP) is -0.118. The molecule has 0 fully saturated rings. The first kappa shape index (κ1) is 13.7. The maximum Gasteiger partial charge on any atom is 0.225 e. The highest BCUT2D eigenvalue weighted by Gasteiger charge is 2.12. The lowest BCUT2D eigenvalue weighted by Gasteiger charge is -2.10. The van der Waals surface area contributed by atoms with Crippen molar-refractivity contribution in [1.29, 1.82) is 0 Å². The maximum atomic E-state index is 8.83. The number of nitrogens with zero attached hydrogens (tertiary/aromatic N) is 4. The molecule has 0 atom stereocenters. The molecule has 2 aromatic heterocycles. The van der Waals surface area contributed by atoms with Gasteiger partial charge in [-0.25, -0.2) is 15.0 Å². The van der Waals surface area contributed by atoms with E-state index in [1.807, 2.05) is 0 Å². The summed E-state index contributed by atoms with van der Waals surface area (Å²) in [6.07, 6.45) is 1.36. The van der Waals surface area contributed by atoms with Crippen LogP contribution < -0.4 is 10.6 Å². The van der Waals surface area contributed by atoms with Gasteiger partial charge in [0.1, 0.15) is 17.4 Å². The Kier molecular flexibility index (Phi) is 4.61. The van der Waals surface area contributed by atoms with Gasteiger partial charge in [-0.05, 0) is 11.6 Å². The molecule has 0 aliphatic rings. The van der Waals surface area contributed by atoms with E-state index < -0.39 is 0 Å². The monoisotopic (exact) mass is 284 g/mol. The van der Waals surface area contributed by atoms with Gasteiger partial charge in [0.15, 0.2) is 11.6 Å². The molecule has 9 heteroatoms. The molecule has 0 aliphatic heterocycles. The minimum Gasteiger partial charge on any atom is -0.395 e. The Hall–Kier alpha value is -1.77. The average Bonchev–Trinajstić information content (AvgIpc) is 2.42. The van der Waals surface area contributed by atoms with Crippen LogP contribution >= 0.6 is 11.6 Å². The van der Waals surface area contributed by atoms with Crippen LogP contribution in [0.15, 0.2) is 6.33 Å². The summed E-state index contributed by atoms with van der Waals surface area (Å²) >= 11 is 5.85. The van der Waals surface area contributed by atoms with Crippen molar-refractivity contribution in [3.63, 3.8) is 0 Å². The number of anilines is 2. The van der Waals surface area contributed by atoms with E-state index in [0.29, 0.717) is 35.8 Å². The minimum absolute atomic E-state index is 0.0278. The fourth-order valence-corrected chi connectivity index (χ4v) is 1.69. The summed E-state index contributed by atoms with van der Waals surface area (Å²) in [5, 5.41) is 23.5. The second-order valence-corrected chi connectivity index (χ2v) is 3.90. The Balaban J connectivity index is 2.46. The van der Waals surface area contributed by atoms with Crippen molar-refractivity contribution in [2.45, 2.75) is 0 Å². The van der Waals surface area contributed by atoms with Gasteiger partial charge in [-0.1, -0.05) is 0 Å². The van der Waals surface area contributed by atoms with Crippen LogP contribution in [0, 0.1) is 0 Å². The van der Waals surface area contributed by atoms with E-state index in [4.69, 9.17) is 21.8 Å². The van der Waals surface area contributed by atoms with Crippen molar-refractivity contribution in [3.8, 4) is 0 Å². The fourth-order valence-electron chi connectivity index (χ4n) is 1.52. The number of fused-ring (bicyclic) bond motifs is 1. The third kappa shape index (κ3) is 3.16. The summed E-state index contributed by atoms with van der Waals surface area (Å²) in [5.41, 5.74) is 0.949. The number of hydrogen-bond donors (Lipinski definition) is 4. The van der Waals surface area contributed by atoms with Crippen molar-refractivity contribution in [1.82, 2.24) is 19.9 Å². The van der Waals surface area contributed by atoms with Crippen LogP contribution in [0.4, 0.5) is 11.6 Å². The van der Waals surface area contributed by atoms with Crippen molar-refractivity contribution in [2.75, 3.05) is 36.9 Å². The Labute approximate surface area is 113 Å². The molecule has 0 aromatic carbocycles. The van der Waals surface area contributed by atoms with Crippen molar-refractivity contribution < 1.29 is 10.2 Å². The summed E-state index contributed by atoms with van der Waals surface area (Å²) in [6, 6.07) is 0. The zero-order chi connectivity index (χ0) is 13.7. The zero-order valence-electron chi connectivity index (χ0n) is 9.97. The van der Waals surface area contributed by atoms with Gasteiger partial charge < -0.3 is 20.8 Å². The SMILES string of the molecule is OCCNc1nc(Cl)nc2c(NCCO)ncnc12. The molecule has 2 heterocycles. The molecule has 102 valence electrons. The zero-order valence-corrected chi connectivity index (χ0v) is 10.7. The van der Waals surface area contributed by atoms with Gasteiger partial charge >= 0.3 is 0 Å². The predicted molar refractivity (Wildman–Crippen MR) is 71.3 cm³/mol. The number of aliphatic hydroxyl groups excluding tert-OH is 2. The summed E-state index contributed by atoms with van der Waals surface area (Å²) in [5.74, 6) is 0.897. The molecule has 0 saturated carbocycles. The highest BCUT2D eigenvalue weighted by atomic mass is 35.5. The Morgan fingerprint density at radius 2 is 1.63 bits per heavy atom. The van der Waals surface area contributed by atoms with Gasteiger partial charge in [-0.3, -0.25) is 0 Å². The van der Waals surface area contributed by atoms with Crippen LogP contribution in [-0.4, -0.2) is 56.5 Å². The van der Waals surface area contributed by atoms with Gasteiger partial charge in [-0.15, -0.1) is 0 Å². The first-order chi connectivity index (χ1) is 9.26. The topological polar surface area (TPSA) is 116 Å². The van der Waals surface area contributed by atoms with Gasteiger partial charge in [0.2, 0.25) is 5.28 Å². The molecule has 2 rings (SSSR count). The second-order valence-electron chi connectivity index (χ2n) is 3.56. The van der Waals surface area contributed by atoms with E-state index in [2.05, 4.69) is 30.6 Å². The fraction of sp³-hybridized carbons (Fsp3) is 0.400. The Morgan fingerprint density at radius 1 is 0.947 bits per heavy atom. The molecule has 0 saturated heterocycles. The van der Waals surface area contributed by atoms with Crippen LogP contribution in [-0.2, 0) is 0 Å². The standard InChI is InChI=1S/C10H13ClN6O2/c11-10-16-7-6(9(17-10)13-2-4-19)14-5-15-8(7)12-1-3-18/h5,18-19H,1-4H2,(H,12,14,15)(H,13,16,17). The van der Waals surface area contributed by atoms with Gasteiger partial charge in [0, 0.05) is 13.1 Å². The third-order valence-corrected chi connectivity index (χ3v) is 2.43. The number of aliphatic hydroxyl groups is 2. The Bertz CT molecular complexity index is 567. The van der Waals surface area contributed by atoms with E-state index >= 15 is 0 Å². The van der Waals surface area contributed by atoms with Crippen molar-refractivity contribution in [2.24, 2.45) is 0 Å². The van der Waals surface area contributed by atoms with Crippen LogP contribution in [0.5, 0.6) is 0 Å². The summed E-state index contributed by atoms with van der Waals surface area (Å²) in [4.78, 5) is 16.3. The van der Waals surface area contributed by atoms with E-state index in [0.717, 1.165) is 0 Å². The summed E-state index contributed by atoms with van der Waals surface area (Å²) < 4.78 is 0. The molecular weight excluding hydrogens is 272 g/mol. The number of rotatable bonds is 6. The van der Waals surface area contributed by atoms with E-state index in [9.17, 15) is 0 Å². The second kappa shape index (κ2) is 6.41. The first-order valence-corrected chi connectivity index (χ1v) is 6.01. The molecule has 0 bridgehead atoms. The van der Waals surface area contributed by atoms with Crippen LogP contribution in [0.2, 0.25) is 5.28 Å². The van der Waals surface area contributed by atoms with E-state index in [1.165, 1.54) is 6.33 Å². The lowest BCUT2D eigenvalue weighted by molar-refractivity contribution is 0.310. The highest BCUT2D eigenvalue weighted by Crippen LogP contribution is 2.23. The van der Waals surface area contributed by atoms with Crippen molar-refractivity contribution in [3.05, 3.63) is 11.6 Å². The van der Waals surface area contributed by atoms with Crippen LogP contribution in [0.1, 0.15) is 0 Å². The largest absolute Gasteiger partial charge is 0.395 e. The van der Waals surface area contributed by atoms with Crippen LogP contribution in [0.3, 0.4) is 0 Å². The normalized spacial score (nSPS) is 10.7. The van der Waals surface area contributed by atoms with Gasteiger partial charge in [-0.2, -0.15) is 4.98 Å². The number of nitrogens with one attached hydrogen (secondary N) is 2. The molecule has 4 N–H and O–H groups in total. The number of aromatic nitrogens is 4. The highest BCUT2D eigenvalue weighted by molar-refractivity contribution is 6.28. The first-order valence-electron chi connectivity index (χ1n) is 5.64. The molecule has 19 heavy (non-hydrogen) atoms. The van der Waals surface area contributed by atoms with Gasteiger partial charge in [0.05, 0.1) is 13.2 Å². The van der Waals surface area contributed by atoms with Crippen LogP contribution in [0.25, 0.3) is 11.0 Å². The lowest BCUT2D eigenvalue weighted by atomic mass is 10.3. The lowest BCUT2D eigenvalue weighted by Crippen LogP contribution is -2.11. The number of halogens is 1. The van der Waals surface area contributed by atoms with E-state index in [-0.39, 0.29) is 18.5 Å². The molecule has 0 aliphatic carbocycles. The van der Waals surface area contributed by atoms with E-state index in [1.54, 1.807) is 0 Å². The minimum atomic E-state index is -0.0379. The molecule has 0 unspecified atom stereocenters. The Morgan fingerprint density at radius 3 is 2.32 bits per heavy atom. The quantitative estimate of drug-likeness (QED) is 0.543. The molecule has 2 aromatic rings. The third-order valence-electron chi connectivity index (χ3n) is 2.26. The molecule has 8 nitrogen and oxygen atoms in total. The molecule has 0 amide bonds. The summed E-state index contributed by atoms with van der Waals surface area (Å²) in [7, 11) is 0.